The first-order valence-electron chi connectivity index (χ1n) is 6.44. The zero-order valence-electron chi connectivity index (χ0n) is 12.0. The molecule has 6 nitrogen and oxygen atoms in total. The highest BCUT2D eigenvalue weighted by Crippen LogP contribution is 2.16. The normalized spacial score (nSPS) is 11.1. The molecule has 0 aliphatic heterocycles. The molecular formula is C13H19N3O3S2. The molecule has 0 fully saturated rings. The largest absolute Gasteiger partial charge is 0.389 e. The third-order valence-electron chi connectivity index (χ3n) is 2.76. The highest BCUT2D eigenvalue weighted by atomic mass is 32.2. The van der Waals surface area contributed by atoms with Gasteiger partial charge in [0.1, 0.15) is 4.99 Å². The molecule has 0 atom stereocenters. The van der Waals surface area contributed by atoms with Gasteiger partial charge in [-0.2, -0.15) is 0 Å². The summed E-state index contributed by atoms with van der Waals surface area (Å²) in [5, 5.41) is 2.59. The van der Waals surface area contributed by atoms with Crippen LogP contribution in [-0.2, 0) is 14.8 Å². The summed E-state index contributed by atoms with van der Waals surface area (Å²) < 4.78 is 26.7. The van der Waals surface area contributed by atoms with Gasteiger partial charge in [-0.15, -0.1) is 0 Å². The molecule has 21 heavy (non-hydrogen) atoms. The lowest BCUT2D eigenvalue weighted by molar-refractivity contribution is -0.119. The van der Waals surface area contributed by atoms with E-state index in [9.17, 15) is 13.2 Å². The fraction of sp³-hybridized carbons (Fsp3) is 0.385. The number of benzene rings is 1. The summed E-state index contributed by atoms with van der Waals surface area (Å²) in [6.07, 6.45) is 0.785. The van der Waals surface area contributed by atoms with Crippen LogP contribution in [0.2, 0.25) is 0 Å². The summed E-state index contributed by atoms with van der Waals surface area (Å²) >= 11 is 4.84. The van der Waals surface area contributed by atoms with Crippen molar-refractivity contribution in [2.75, 3.05) is 13.1 Å². The van der Waals surface area contributed by atoms with Gasteiger partial charge in [-0.05, 0) is 25.0 Å². The third kappa shape index (κ3) is 5.07. The van der Waals surface area contributed by atoms with Crippen LogP contribution < -0.4 is 15.8 Å². The molecule has 1 amide bonds. The summed E-state index contributed by atoms with van der Waals surface area (Å²) in [5.41, 5.74) is 6.52. The number of nitrogens with one attached hydrogen (secondary N) is 2. The van der Waals surface area contributed by atoms with E-state index in [1.165, 1.54) is 6.07 Å². The van der Waals surface area contributed by atoms with Gasteiger partial charge in [-0.3, -0.25) is 4.79 Å². The van der Waals surface area contributed by atoms with Gasteiger partial charge in [0.2, 0.25) is 15.9 Å². The van der Waals surface area contributed by atoms with Crippen molar-refractivity contribution in [3.8, 4) is 0 Å². The average Bonchev–Trinajstić information content (AvgIpc) is 2.43. The maximum Gasteiger partial charge on any atom is 0.241 e. The number of hydrogen-bond acceptors (Lipinski definition) is 4. The summed E-state index contributed by atoms with van der Waals surface area (Å²) in [7, 11) is -3.79. The average molecular weight is 329 g/mol. The van der Waals surface area contributed by atoms with Crippen molar-refractivity contribution in [2.24, 2.45) is 5.73 Å². The van der Waals surface area contributed by atoms with E-state index in [1.807, 2.05) is 6.92 Å². The molecule has 0 aromatic heterocycles. The van der Waals surface area contributed by atoms with Gasteiger partial charge < -0.3 is 11.1 Å². The molecule has 0 saturated carbocycles. The van der Waals surface area contributed by atoms with Gasteiger partial charge in [0.15, 0.2) is 0 Å². The van der Waals surface area contributed by atoms with Crippen LogP contribution in [0.3, 0.4) is 0 Å². The van der Waals surface area contributed by atoms with E-state index in [0.29, 0.717) is 17.7 Å². The molecular weight excluding hydrogens is 310 g/mol. The van der Waals surface area contributed by atoms with Crippen molar-refractivity contribution in [1.29, 1.82) is 0 Å². The van der Waals surface area contributed by atoms with Crippen LogP contribution in [0.5, 0.6) is 0 Å². The fourth-order valence-corrected chi connectivity index (χ4v) is 2.99. The number of nitrogens with two attached hydrogens (primary N) is 1. The number of amides is 1. The lowest BCUT2D eigenvalue weighted by Gasteiger charge is -2.11. The number of aryl methyl sites for hydroxylation is 1. The van der Waals surface area contributed by atoms with E-state index in [1.54, 1.807) is 19.1 Å². The second kappa shape index (κ2) is 7.48. The smallest absolute Gasteiger partial charge is 0.241 e. The minimum atomic E-state index is -3.79. The lowest BCUT2D eigenvalue weighted by Crippen LogP contribution is -2.37. The zero-order valence-corrected chi connectivity index (χ0v) is 13.6. The van der Waals surface area contributed by atoms with Crippen LogP contribution >= 0.6 is 12.2 Å². The highest BCUT2D eigenvalue weighted by molar-refractivity contribution is 7.89. The first kappa shape index (κ1) is 17.5. The molecule has 0 heterocycles. The Morgan fingerprint density at radius 3 is 2.62 bits per heavy atom. The number of carbonyl (C=O) groups excluding carboxylic acids is 1. The summed E-state index contributed by atoms with van der Waals surface area (Å²) in [6.45, 7) is 3.78. The van der Waals surface area contributed by atoms with Crippen LogP contribution in [0.1, 0.15) is 24.5 Å². The van der Waals surface area contributed by atoms with Gasteiger partial charge >= 0.3 is 0 Å². The molecule has 0 unspecified atom stereocenters. The predicted octanol–water partition coefficient (Wildman–Crippen LogP) is 0.434. The number of rotatable bonds is 7. The Labute approximate surface area is 130 Å². The van der Waals surface area contributed by atoms with Crippen molar-refractivity contribution < 1.29 is 13.2 Å². The van der Waals surface area contributed by atoms with E-state index in [-0.39, 0.29) is 22.3 Å². The molecule has 8 heteroatoms. The molecule has 0 aliphatic carbocycles. The van der Waals surface area contributed by atoms with Crippen molar-refractivity contribution >= 4 is 33.1 Å². The van der Waals surface area contributed by atoms with Gasteiger partial charge in [-0.1, -0.05) is 31.3 Å². The first-order valence-corrected chi connectivity index (χ1v) is 8.34. The minimum Gasteiger partial charge on any atom is -0.389 e. The molecule has 0 bridgehead atoms. The summed E-state index contributed by atoms with van der Waals surface area (Å²) in [4.78, 5) is 11.6. The SMILES string of the molecule is CCCNC(=O)CNS(=O)(=O)c1cc(C(N)=S)ccc1C. The predicted molar refractivity (Wildman–Crippen MR) is 85.6 cm³/mol. The van der Waals surface area contributed by atoms with Crippen LogP contribution in [0.25, 0.3) is 0 Å². The number of hydrogen-bond donors (Lipinski definition) is 3. The maximum absolute atomic E-state index is 12.2. The molecule has 0 spiro atoms. The van der Waals surface area contributed by atoms with Crippen molar-refractivity contribution in [3.05, 3.63) is 29.3 Å². The second-order valence-electron chi connectivity index (χ2n) is 4.52. The molecule has 0 saturated heterocycles. The minimum absolute atomic E-state index is 0.0658. The highest BCUT2D eigenvalue weighted by Gasteiger charge is 2.18. The van der Waals surface area contributed by atoms with Crippen molar-refractivity contribution in [2.45, 2.75) is 25.2 Å². The van der Waals surface area contributed by atoms with E-state index in [0.717, 1.165) is 6.42 Å². The van der Waals surface area contributed by atoms with Crippen LogP contribution in [0.15, 0.2) is 23.1 Å². The Balaban J connectivity index is 2.90. The number of thiocarbonyl (C=S) groups is 1. The fourth-order valence-electron chi connectivity index (χ4n) is 1.61. The number of carbonyl (C=O) groups is 1. The molecule has 1 aromatic rings. The molecule has 0 aliphatic rings. The lowest BCUT2D eigenvalue weighted by atomic mass is 10.1. The number of sulfonamides is 1. The Morgan fingerprint density at radius 2 is 2.05 bits per heavy atom. The van der Waals surface area contributed by atoms with E-state index < -0.39 is 10.0 Å². The maximum atomic E-state index is 12.2. The Bertz CT molecular complexity index is 642. The van der Waals surface area contributed by atoms with Gasteiger partial charge in [0.25, 0.3) is 0 Å². The third-order valence-corrected chi connectivity index (χ3v) is 4.54. The van der Waals surface area contributed by atoms with Crippen molar-refractivity contribution in [1.82, 2.24) is 10.0 Å². The standard InChI is InChI=1S/C13H19N3O3S2/c1-3-6-15-12(17)8-16-21(18,19)11-7-10(13(14)20)5-4-9(11)2/h4-5,7,16H,3,6,8H2,1-2H3,(H2,14,20)(H,15,17). The second-order valence-corrected chi connectivity index (χ2v) is 6.69. The molecule has 4 N–H and O–H groups in total. The summed E-state index contributed by atoms with van der Waals surface area (Å²) in [5.74, 6) is -0.372. The van der Waals surface area contributed by atoms with Crippen LogP contribution in [-0.4, -0.2) is 32.4 Å². The quantitative estimate of drug-likeness (QED) is 0.630. The molecule has 1 rings (SSSR count). The van der Waals surface area contributed by atoms with E-state index in [4.69, 9.17) is 18.0 Å². The monoisotopic (exact) mass is 329 g/mol. The Hall–Kier alpha value is -1.51. The first-order chi connectivity index (χ1) is 9.77. The van der Waals surface area contributed by atoms with Gasteiger partial charge in [0, 0.05) is 12.1 Å². The van der Waals surface area contributed by atoms with Gasteiger partial charge in [0.05, 0.1) is 11.4 Å². The van der Waals surface area contributed by atoms with Gasteiger partial charge in [-0.25, -0.2) is 13.1 Å². The molecule has 0 radical (unpaired) electrons. The molecule has 116 valence electrons. The Kier molecular flexibility index (Phi) is 6.25. The zero-order chi connectivity index (χ0) is 16.0. The van der Waals surface area contributed by atoms with Crippen LogP contribution in [0.4, 0.5) is 0 Å². The van der Waals surface area contributed by atoms with E-state index >= 15 is 0 Å². The van der Waals surface area contributed by atoms with Crippen molar-refractivity contribution in [3.63, 3.8) is 0 Å². The van der Waals surface area contributed by atoms with Crippen LogP contribution in [0, 0.1) is 6.92 Å². The van der Waals surface area contributed by atoms with E-state index in [2.05, 4.69) is 10.0 Å². The Morgan fingerprint density at radius 1 is 1.38 bits per heavy atom. The topological polar surface area (TPSA) is 101 Å². The molecule has 1 aromatic carbocycles. The summed E-state index contributed by atoms with van der Waals surface area (Å²) in [6, 6.07) is 4.69.